The van der Waals surface area contributed by atoms with Crippen LogP contribution in [0.2, 0.25) is 0 Å². The molecule has 0 heterocycles. The molecule has 0 spiro atoms. The van der Waals surface area contributed by atoms with E-state index in [0.29, 0.717) is 5.54 Å². The Balaban J connectivity index is 3.77. The van der Waals surface area contributed by atoms with Crippen molar-refractivity contribution < 1.29 is 0 Å². The van der Waals surface area contributed by atoms with Crippen LogP contribution in [-0.2, 0) is 0 Å². The molecule has 0 bridgehead atoms. The number of hydrogen-bond acceptors (Lipinski definition) is 1. The molecule has 3 heteroatoms. The van der Waals surface area contributed by atoms with Gasteiger partial charge in [-0.2, -0.15) is 0 Å². The molecule has 0 aliphatic heterocycles. The molecule has 0 atom stereocenters. The predicted octanol–water partition coefficient (Wildman–Crippen LogP) is 4.00. The monoisotopic (exact) mass is 381 g/mol. The molecule has 0 unspecified atom stereocenters. The van der Waals surface area contributed by atoms with Gasteiger partial charge in [0.2, 0.25) is 0 Å². The molecule has 11 heavy (non-hydrogen) atoms. The van der Waals surface area contributed by atoms with E-state index < -0.39 is 0 Å². The van der Waals surface area contributed by atoms with Crippen LogP contribution in [0.4, 0.5) is 0 Å². The molecule has 0 aromatic heterocycles. The van der Waals surface area contributed by atoms with Crippen molar-refractivity contribution in [3.05, 3.63) is 0 Å². The fourth-order valence-electron chi connectivity index (χ4n) is 0.892. The van der Waals surface area contributed by atoms with Gasteiger partial charge in [-0.3, -0.25) is 0 Å². The summed E-state index contributed by atoms with van der Waals surface area (Å²) in [5.74, 6) is 0. The van der Waals surface area contributed by atoms with Gasteiger partial charge >= 0.3 is 0 Å². The molecule has 0 N–H and O–H groups in total. The minimum Gasteiger partial charge on any atom is -0.232 e. The van der Waals surface area contributed by atoms with Crippen LogP contribution in [-0.4, -0.2) is 13.2 Å². The molecule has 0 amide bonds. The second-order valence-electron chi connectivity index (χ2n) is 3.40. The van der Waals surface area contributed by atoms with Crippen LogP contribution in [0.3, 0.4) is 0 Å². The second kappa shape index (κ2) is 5.96. The van der Waals surface area contributed by atoms with Crippen molar-refractivity contribution in [3.8, 4) is 0 Å². The third-order valence-corrected chi connectivity index (χ3v) is 5.54. The van der Waals surface area contributed by atoms with E-state index in [2.05, 4.69) is 69.3 Å². The van der Waals surface area contributed by atoms with Crippen LogP contribution in [0.25, 0.3) is 0 Å². The largest absolute Gasteiger partial charge is 0.232 e. The Labute approximate surface area is 97.9 Å². The predicted molar refractivity (Wildman–Crippen MR) is 68.4 cm³/mol. The first-order valence-corrected chi connectivity index (χ1v) is 6.53. The molecule has 1 nitrogen and oxygen atoms in total. The van der Waals surface area contributed by atoms with E-state index in [1.54, 1.807) is 0 Å². The summed E-state index contributed by atoms with van der Waals surface area (Å²) in [4.78, 5) is 0. The highest BCUT2D eigenvalue weighted by Gasteiger charge is 2.22. The van der Waals surface area contributed by atoms with E-state index in [1.807, 2.05) is 0 Å². The average molecular weight is 381 g/mol. The summed E-state index contributed by atoms with van der Waals surface area (Å²) in [7, 11) is 0. The lowest BCUT2D eigenvalue weighted by molar-refractivity contribution is 0.281. The summed E-state index contributed by atoms with van der Waals surface area (Å²) >= 11 is 4.82. The minimum atomic E-state index is 0.373. The lowest BCUT2D eigenvalue weighted by Crippen LogP contribution is -2.35. The Hall–Kier alpha value is 1.42. The SMILES string of the molecule is CCCCC(C)(C)N(I)CI. The molecule has 0 rings (SSSR count). The molecule has 0 saturated carbocycles. The van der Waals surface area contributed by atoms with Gasteiger partial charge in [-0.1, -0.05) is 42.4 Å². The van der Waals surface area contributed by atoms with Crippen LogP contribution >= 0.6 is 45.5 Å². The lowest BCUT2D eigenvalue weighted by atomic mass is 9.98. The van der Waals surface area contributed by atoms with Crippen molar-refractivity contribution in [1.82, 2.24) is 3.11 Å². The summed E-state index contributed by atoms with van der Waals surface area (Å²) in [6, 6.07) is 0. The number of nitrogens with zero attached hydrogens (tertiary/aromatic N) is 1. The topological polar surface area (TPSA) is 3.24 Å². The Morgan fingerprint density at radius 1 is 1.36 bits per heavy atom. The molecular weight excluding hydrogens is 364 g/mol. The van der Waals surface area contributed by atoms with Gasteiger partial charge in [0, 0.05) is 28.4 Å². The maximum absolute atomic E-state index is 2.41. The van der Waals surface area contributed by atoms with E-state index in [1.165, 1.54) is 19.3 Å². The van der Waals surface area contributed by atoms with E-state index in [9.17, 15) is 0 Å². The van der Waals surface area contributed by atoms with Crippen LogP contribution < -0.4 is 0 Å². The molecular formula is C8H17I2N. The van der Waals surface area contributed by atoms with Crippen molar-refractivity contribution >= 4 is 45.5 Å². The number of alkyl halides is 1. The minimum absolute atomic E-state index is 0.373. The maximum Gasteiger partial charge on any atom is 0.0606 e. The molecule has 0 fully saturated rings. The van der Waals surface area contributed by atoms with Crippen molar-refractivity contribution in [3.63, 3.8) is 0 Å². The van der Waals surface area contributed by atoms with Gasteiger partial charge in [0.25, 0.3) is 0 Å². The van der Waals surface area contributed by atoms with Gasteiger partial charge in [0.15, 0.2) is 0 Å². The summed E-state index contributed by atoms with van der Waals surface area (Å²) < 4.78 is 3.48. The normalized spacial score (nSPS) is 12.5. The molecule has 0 aliphatic carbocycles. The highest BCUT2D eigenvalue weighted by molar-refractivity contribution is 14.1. The summed E-state index contributed by atoms with van der Waals surface area (Å²) in [5.41, 5.74) is 0.373. The fraction of sp³-hybridized carbons (Fsp3) is 1.00. The Morgan fingerprint density at radius 3 is 2.27 bits per heavy atom. The standard InChI is InChI=1S/C8H17I2N/c1-4-5-6-8(2,3)11(10)7-9/h4-7H2,1-3H3. The third-order valence-electron chi connectivity index (χ3n) is 1.90. The van der Waals surface area contributed by atoms with E-state index in [-0.39, 0.29) is 0 Å². The van der Waals surface area contributed by atoms with Crippen LogP contribution in [0.5, 0.6) is 0 Å². The van der Waals surface area contributed by atoms with Crippen LogP contribution in [0, 0.1) is 0 Å². The molecule has 68 valence electrons. The van der Waals surface area contributed by atoms with Gasteiger partial charge < -0.3 is 0 Å². The Bertz CT molecular complexity index is 104. The van der Waals surface area contributed by atoms with E-state index >= 15 is 0 Å². The quantitative estimate of drug-likeness (QED) is 0.301. The van der Waals surface area contributed by atoms with E-state index in [0.717, 1.165) is 4.55 Å². The number of unbranched alkanes of at least 4 members (excludes halogenated alkanes) is 1. The second-order valence-corrected chi connectivity index (χ2v) is 5.24. The zero-order chi connectivity index (χ0) is 8.91. The van der Waals surface area contributed by atoms with Crippen LogP contribution in [0.1, 0.15) is 40.0 Å². The van der Waals surface area contributed by atoms with Gasteiger partial charge in [0.1, 0.15) is 0 Å². The summed E-state index contributed by atoms with van der Waals surface area (Å²) in [6.45, 7) is 6.87. The summed E-state index contributed by atoms with van der Waals surface area (Å²) in [6.07, 6.45) is 3.94. The third kappa shape index (κ3) is 4.87. The van der Waals surface area contributed by atoms with Crippen molar-refractivity contribution in [2.45, 2.75) is 45.6 Å². The lowest BCUT2D eigenvalue weighted by Gasteiger charge is -2.32. The first-order chi connectivity index (χ1) is 5.04. The van der Waals surface area contributed by atoms with Crippen molar-refractivity contribution in [1.29, 1.82) is 0 Å². The smallest absolute Gasteiger partial charge is 0.0606 e. The maximum atomic E-state index is 2.41. The molecule has 0 saturated heterocycles. The van der Waals surface area contributed by atoms with E-state index in [4.69, 9.17) is 0 Å². The first kappa shape index (κ1) is 12.4. The highest BCUT2D eigenvalue weighted by Crippen LogP contribution is 2.25. The molecule has 0 aromatic rings. The Kier molecular flexibility index (Phi) is 6.73. The van der Waals surface area contributed by atoms with Gasteiger partial charge in [0.05, 0.1) is 4.55 Å². The molecule has 0 aromatic carbocycles. The average Bonchev–Trinajstić information content (AvgIpc) is 1.99. The fourth-order valence-corrected chi connectivity index (χ4v) is 2.06. The molecule has 0 radical (unpaired) electrons. The highest BCUT2D eigenvalue weighted by atomic mass is 127. The zero-order valence-corrected chi connectivity index (χ0v) is 11.8. The Morgan fingerprint density at radius 2 is 1.91 bits per heavy atom. The van der Waals surface area contributed by atoms with Gasteiger partial charge in [-0.25, -0.2) is 3.11 Å². The first-order valence-electron chi connectivity index (χ1n) is 4.04. The van der Waals surface area contributed by atoms with Crippen molar-refractivity contribution in [2.24, 2.45) is 0 Å². The van der Waals surface area contributed by atoms with Crippen LogP contribution in [0.15, 0.2) is 0 Å². The number of rotatable bonds is 5. The zero-order valence-electron chi connectivity index (χ0n) is 7.53. The number of halogens is 2. The van der Waals surface area contributed by atoms with Gasteiger partial charge in [-0.05, 0) is 20.3 Å². The molecule has 0 aliphatic rings. The van der Waals surface area contributed by atoms with Gasteiger partial charge in [-0.15, -0.1) is 0 Å². The number of hydrogen-bond donors (Lipinski definition) is 0. The van der Waals surface area contributed by atoms with Crippen molar-refractivity contribution in [2.75, 3.05) is 4.55 Å². The summed E-state index contributed by atoms with van der Waals surface area (Å²) in [5, 5.41) is 0.